The summed E-state index contributed by atoms with van der Waals surface area (Å²) >= 11 is 0. The molecule has 1 saturated heterocycles. The SMILES string of the molecule is CCS(=O)(=O)N(C)[C@@H]1CCN(c2cc(NC(=O)C3CC3)nc3[nH]ccc23)C1. The van der Waals surface area contributed by atoms with Crippen LogP contribution in [-0.4, -0.2) is 60.5 Å². The molecule has 1 atom stereocenters. The number of sulfonamides is 1. The normalized spacial score (nSPS) is 20.6. The van der Waals surface area contributed by atoms with Crippen LogP contribution in [0.5, 0.6) is 0 Å². The number of hydrogen-bond donors (Lipinski definition) is 2. The molecule has 1 amide bonds. The predicted molar refractivity (Wildman–Crippen MR) is 105 cm³/mol. The number of carbonyl (C=O) groups excluding carboxylic acids is 1. The fourth-order valence-electron chi connectivity index (χ4n) is 3.61. The van der Waals surface area contributed by atoms with Gasteiger partial charge < -0.3 is 15.2 Å². The Kier molecular flexibility index (Phi) is 4.59. The molecule has 0 spiro atoms. The van der Waals surface area contributed by atoms with E-state index in [4.69, 9.17) is 0 Å². The highest BCUT2D eigenvalue weighted by Gasteiger charge is 2.33. The summed E-state index contributed by atoms with van der Waals surface area (Å²) in [4.78, 5) is 21.9. The molecule has 1 aliphatic carbocycles. The van der Waals surface area contributed by atoms with Crippen LogP contribution in [0, 0.1) is 5.92 Å². The molecule has 27 heavy (non-hydrogen) atoms. The molecule has 146 valence electrons. The zero-order valence-corrected chi connectivity index (χ0v) is 16.4. The van der Waals surface area contributed by atoms with Gasteiger partial charge in [0.15, 0.2) is 0 Å². The Morgan fingerprint density at radius 3 is 2.89 bits per heavy atom. The van der Waals surface area contributed by atoms with Gasteiger partial charge in [-0.25, -0.2) is 17.7 Å². The highest BCUT2D eigenvalue weighted by Crippen LogP contribution is 2.34. The third kappa shape index (κ3) is 3.53. The number of nitrogens with one attached hydrogen (secondary N) is 2. The van der Waals surface area contributed by atoms with Crippen LogP contribution in [-0.2, 0) is 14.8 Å². The molecule has 8 nitrogen and oxygen atoms in total. The number of aromatic nitrogens is 2. The van der Waals surface area contributed by atoms with Crippen molar-refractivity contribution in [1.82, 2.24) is 14.3 Å². The molecule has 2 aromatic heterocycles. The number of hydrogen-bond acceptors (Lipinski definition) is 5. The molecular formula is C18H25N5O3S. The van der Waals surface area contributed by atoms with Gasteiger partial charge in [0.1, 0.15) is 11.5 Å². The lowest BCUT2D eigenvalue weighted by molar-refractivity contribution is -0.117. The molecule has 3 heterocycles. The molecule has 2 aliphatic rings. The number of amides is 1. The van der Waals surface area contributed by atoms with Gasteiger partial charge in [-0.3, -0.25) is 4.79 Å². The lowest BCUT2D eigenvalue weighted by atomic mass is 10.2. The molecule has 0 bridgehead atoms. The van der Waals surface area contributed by atoms with Crippen molar-refractivity contribution < 1.29 is 13.2 Å². The van der Waals surface area contributed by atoms with E-state index in [0.29, 0.717) is 12.4 Å². The number of H-pyrrole nitrogens is 1. The number of anilines is 2. The first kappa shape index (κ1) is 18.2. The highest BCUT2D eigenvalue weighted by atomic mass is 32.2. The lowest BCUT2D eigenvalue weighted by Gasteiger charge is -2.25. The third-order valence-corrected chi connectivity index (χ3v) is 7.43. The van der Waals surface area contributed by atoms with Crippen LogP contribution in [0.1, 0.15) is 26.2 Å². The topological polar surface area (TPSA) is 98.4 Å². The Labute approximate surface area is 159 Å². The van der Waals surface area contributed by atoms with Crippen molar-refractivity contribution in [2.45, 2.75) is 32.2 Å². The summed E-state index contributed by atoms with van der Waals surface area (Å²) in [5, 5.41) is 3.89. The van der Waals surface area contributed by atoms with E-state index >= 15 is 0 Å². The lowest BCUT2D eigenvalue weighted by Crippen LogP contribution is -2.39. The first-order valence-electron chi connectivity index (χ1n) is 9.38. The summed E-state index contributed by atoms with van der Waals surface area (Å²) < 4.78 is 25.9. The Morgan fingerprint density at radius 2 is 2.19 bits per heavy atom. The van der Waals surface area contributed by atoms with Crippen molar-refractivity contribution in [3.63, 3.8) is 0 Å². The number of nitrogens with zero attached hydrogens (tertiary/aromatic N) is 3. The second-order valence-corrected chi connectivity index (χ2v) is 9.65. The Morgan fingerprint density at radius 1 is 1.41 bits per heavy atom. The summed E-state index contributed by atoms with van der Waals surface area (Å²) in [5.74, 6) is 0.773. The quantitative estimate of drug-likeness (QED) is 0.782. The van der Waals surface area contributed by atoms with Crippen LogP contribution in [0.2, 0.25) is 0 Å². The molecule has 4 rings (SSSR count). The van der Waals surface area contributed by atoms with Crippen molar-refractivity contribution >= 4 is 38.5 Å². The molecule has 0 radical (unpaired) electrons. The molecule has 2 fully saturated rings. The van der Waals surface area contributed by atoms with Crippen molar-refractivity contribution in [3.8, 4) is 0 Å². The number of rotatable bonds is 6. The van der Waals surface area contributed by atoms with Crippen LogP contribution < -0.4 is 10.2 Å². The smallest absolute Gasteiger partial charge is 0.228 e. The summed E-state index contributed by atoms with van der Waals surface area (Å²) in [6, 6.07) is 3.80. The minimum absolute atomic E-state index is 0.0208. The summed E-state index contributed by atoms with van der Waals surface area (Å²) in [7, 11) is -1.55. The van der Waals surface area contributed by atoms with Gasteiger partial charge in [0.2, 0.25) is 15.9 Å². The van der Waals surface area contributed by atoms with Gasteiger partial charge in [-0.2, -0.15) is 0 Å². The average molecular weight is 391 g/mol. The minimum Gasteiger partial charge on any atom is -0.369 e. The standard InChI is InChI=1S/C18H25N5O3S/c1-3-27(25,26)22(2)13-7-9-23(11-13)15-10-16(21-18(24)12-4-5-12)20-17-14(15)6-8-19-17/h6,8,10,12-13H,3-5,7,9,11H2,1-2H3,(H2,19,20,21,24)/t13-/m1/s1. The van der Waals surface area contributed by atoms with Gasteiger partial charge in [0, 0.05) is 49.7 Å². The van der Waals surface area contributed by atoms with E-state index < -0.39 is 10.0 Å². The highest BCUT2D eigenvalue weighted by molar-refractivity contribution is 7.89. The Bertz CT molecular complexity index is 967. The molecule has 2 aromatic rings. The van der Waals surface area contributed by atoms with E-state index in [-0.39, 0.29) is 23.6 Å². The van der Waals surface area contributed by atoms with E-state index in [1.165, 1.54) is 4.31 Å². The third-order valence-electron chi connectivity index (χ3n) is 5.53. The van der Waals surface area contributed by atoms with Gasteiger partial charge in [-0.15, -0.1) is 0 Å². The second kappa shape index (κ2) is 6.79. The molecule has 1 aliphatic heterocycles. The maximum atomic E-state index is 12.2. The maximum Gasteiger partial charge on any atom is 0.228 e. The number of fused-ring (bicyclic) bond motifs is 1. The molecule has 1 saturated carbocycles. The summed E-state index contributed by atoms with van der Waals surface area (Å²) in [5.41, 5.74) is 1.69. The molecule has 0 unspecified atom stereocenters. The van der Waals surface area contributed by atoms with Crippen LogP contribution in [0.15, 0.2) is 18.3 Å². The molecule has 9 heteroatoms. The first-order valence-corrected chi connectivity index (χ1v) is 11.0. The monoisotopic (exact) mass is 391 g/mol. The van der Waals surface area contributed by atoms with Gasteiger partial charge in [0.25, 0.3) is 0 Å². The fourth-order valence-corrected chi connectivity index (χ4v) is 4.64. The van der Waals surface area contributed by atoms with Gasteiger partial charge in [-0.05, 0) is 32.3 Å². The zero-order valence-electron chi connectivity index (χ0n) is 15.6. The fraction of sp³-hybridized carbons (Fsp3) is 0.556. The van der Waals surface area contributed by atoms with Gasteiger partial charge in [0.05, 0.1) is 11.4 Å². The Balaban J connectivity index is 1.59. The van der Waals surface area contributed by atoms with E-state index in [0.717, 1.165) is 42.5 Å². The maximum absolute atomic E-state index is 12.2. The first-order chi connectivity index (χ1) is 12.9. The van der Waals surface area contributed by atoms with Gasteiger partial charge in [-0.1, -0.05) is 0 Å². The molecule has 2 N–H and O–H groups in total. The predicted octanol–water partition coefficient (Wildman–Crippen LogP) is 1.77. The minimum atomic E-state index is -3.21. The zero-order chi connectivity index (χ0) is 19.2. The number of likely N-dealkylation sites (N-methyl/N-ethyl adjacent to an activating group) is 1. The van der Waals surface area contributed by atoms with E-state index in [1.807, 2.05) is 18.3 Å². The van der Waals surface area contributed by atoms with Crippen molar-refractivity contribution in [1.29, 1.82) is 0 Å². The van der Waals surface area contributed by atoms with Crippen LogP contribution in [0.4, 0.5) is 11.5 Å². The number of pyridine rings is 1. The average Bonchev–Trinajstić information content (AvgIpc) is 3.21. The van der Waals surface area contributed by atoms with Crippen LogP contribution in [0.3, 0.4) is 0 Å². The van der Waals surface area contributed by atoms with Crippen LogP contribution in [0.25, 0.3) is 11.0 Å². The van der Waals surface area contributed by atoms with E-state index in [2.05, 4.69) is 20.2 Å². The second-order valence-electron chi connectivity index (χ2n) is 7.34. The van der Waals surface area contributed by atoms with E-state index in [9.17, 15) is 13.2 Å². The van der Waals surface area contributed by atoms with E-state index in [1.54, 1.807) is 14.0 Å². The molecular weight excluding hydrogens is 366 g/mol. The number of aromatic amines is 1. The van der Waals surface area contributed by atoms with Crippen molar-refractivity contribution in [2.24, 2.45) is 5.92 Å². The number of carbonyl (C=O) groups is 1. The molecule has 0 aromatic carbocycles. The summed E-state index contributed by atoms with van der Waals surface area (Å²) in [6.45, 7) is 3.05. The van der Waals surface area contributed by atoms with Crippen molar-refractivity contribution in [3.05, 3.63) is 18.3 Å². The van der Waals surface area contributed by atoms with Gasteiger partial charge >= 0.3 is 0 Å². The largest absolute Gasteiger partial charge is 0.369 e. The Hall–Kier alpha value is -2.13. The van der Waals surface area contributed by atoms with Crippen molar-refractivity contribution in [2.75, 3.05) is 36.1 Å². The van der Waals surface area contributed by atoms with Crippen LogP contribution >= 0.6 is 0 Å². The summed E-state index contributed by atoms with van der Waals surface area (Å²) in [6.07, 6.45) is 4.48.